The van der Waals surface area contributed by atoms with E-state index < -0.39 is 0 Å². The molecule has 1 aromatic heterocycles. The van der Waals surface area contributed by atoms with E-state index in [9.17, 15) is 0 Å². The van der Waals surface area contributed by atoms with E-state index >= 15 is 0 Å². The van der Waals surface area contributed by atoms with Gasteiger partial charge in [-0.2, -0.15) is 0 Å². The number of hydrogen-bond acceptors (Lipinski definition) is 4. The summed E-state index contributed by atoms with van der Waals surface area (Å²) < 4.78 is 1.93. The van der Waals surface area contributed by atoms with Gasteiger partial charge in [-0.05, 0) is 29.8 Å². The van der Waals surface area contributed by atoms with E-state index in [1.807, 2.05) is 4.68 Å². The van der Waals surface area contributed by atoms with E-state index in [4.69, 9.17) is 0 Å². The molecule has 0 saturated heterocycles. The van der Waals surface area contributed by atoms with Gasteiger partial charge in [-0.1, -0.05) is 20.8 Å². The maximum absolute atomic E-state index is 4.03. The Kier molecular flexibility index (Phi) is 4.52. The van der Waals surface area contributed by atoms with Gasteiger partial charge in [-0.25, -0.2) is 4.68 Å². The van der Waals surface area contributed by atoms with Gasteiger partial charge in [-0.3, -0.25) is 0 Å². The van der Waals surface area contributed by atoms with Crippen LogP contribution in [-0.4, -0.2) is 26.8 Å². The van der Waals surface area contributed by atoms with Crippen LogP contribution in [0.4, 0.5) is 0 Å². The summed E-state index contributed by atoms with van der Waals surface area (Å²) in [5.41, 5.74) is 0. The monoisotopic (exact) mass is 197 g/mol. The molecule has 5 heteroatoms. The molecule has 1 N–H and O–H groups in total. The lowest BCUT2D eigenvalue weighted by atomic mass is 10.2. The summed E-state index contributed by atoms with van der Waals surface area (Å²) >= 11 is 0. The molecule has 0 atom stereocenters. The van der Waals surface area contributed by atoms with Crippen LogP contribution in [0.15, 0.2) is 0 Å². The van der Waals surface area contributed by atoms with E-state index in [1.54, 1.807) is 0 Å². The van der Waals surface area contributed by atoms with Crippen molar-refractivity contribution < 1.29 is 0 Å². The molecule has 1 aromatic rings. The number of hydrogen-bond donors (Lipinski definition) is 1. The van der Waals surface area contributed by atoms with E-state index in [0.717, 1.165) is 31.8 Å². The van der Waals surface area contributed by atoms with Crippen molar-refractivity contribution in [1.82, 2.24) is 25.5 Å². The van der Waals surface area contributed by atoms with Crippen molar-refractivity contribution in [3.05, 3.63) is 5.82 Å². The average molecular weight is 197 g/mol. The number of rotatable bonds is 6. The van der Waals surface area contributed by atoms with Gasteiger partial charge in [0.25, 0.3) is 0 Å². The molecule has 80 valence electrons. The minimum Gasteiger partial charge on any atom is -0.310 e. The second-order valence-corrected chi connectivity index (χ2v) is 3.29. The predicted molar refractivity (Wildman–Crippen MR) is 54.8 cm³/mol. The smallest absolute Gasteiger partial charge is 0.165 e. The molecule has 0 bridgehead atoms. The summed E-state index contributed by atoms with van der Waals surface area (Å²) in [5, 5.41) is 15.0. The van der Waals surface area contributed by atoms with Crippen molar-refractivity contribution >= 4 is 0 Å². The van der Waals surface area contributed by atoms with E-state index in [2.05, 4.69) is 41.6 Å². The molecule has 0 unspecified atom stereocenters. The molecule has 0 spiro atoms. The first kappa shape index (κ1) is 11.1. The lowest BCUT2D eigenvalue weighted by molar-refractivity contribution is 0.400. The van der Waals surface area contributed by atoms with Crippen LogP contribution in [-0.2, 0) is 6.54 Å². The Morgan fingerprint density at radius 3 is 2.57 bits per heavy atom. The Bertz CT molecular complexity index is 253. The summed E-state index contributed by atoms with van der Waals surface area (Å²) in [6, 6.07) is 0.429. The van der Waals surface area contributed by atoms with Crippen molar-refractivity contribution in [1.29, 1.82) is 0 Å². The standard InChI is InChI=1S/C9H19N5/c1-4-8(5-2)14-9(7-10-6-3)11-12-13-14/h8,10H,4-7H2,1-3H3. The fourth-order valence-electron chi connectivity index (χ4n) is 1.48. The van der Waals surface area contributed by atoms with Crippen LogP contribution in [0.5, 0.6) is 0 Å². The second kappa shape index (κ2) is 5.70. The summed E-state index contributed by atoms with van der Waals surface area (Å²) in [7, 11) is 0. The SMILES string of the molecule is CCNCc1nnnn1C(CC)CC. The third-order valence-electron chi connectivity index (χ3n) is 2.38. The molecular weight excluding hydrogens is 178 g/mol. The molecule has 0 fully saturated rings. The fourth-order valence-corrected chi connectivity index (χ4v) is 1.48. The number of nitrogens with zero attached hydrogens (tertiary/aromatic N) is 4. The van der Waals surface area contributed by atoms with Crippen molar-refractivity contribution in [2.45, 2.75) is 46.2 Å². The van der Waals surface area contributed by atoms with Gasteiger partial charge in [0.2, 0.25) is 0 Å². The lowest BCUT2D eigenvalue weighted by Gasteiger charge is -2.13. The normalized spacial score (nSPS) is 11.1. The van der Waals surface area contributed by atoms with E-state index in [1.165, 1.54) is 0 Å². The summed E-state index contributed by atoms with van der Waals surface area (Å²) in [4.78, 5) is 0. The second-order valence-electron chi connectivity index (χ2n) is 3.29. The zero-order chi connectivity index (χ0) is 10.4. The molecule has 0 aromatic carbocycles. The van der Waals surface area contributed by atoms with E-state index in [-0.39, 0.29) is 0 Å². The maximum Gasteiger partial charge on any atom is 0.165 e. The highest BCUT2D eigenvalue weighted by molar-refractivity contribution is 4.83. The zero-order valence-corrected chi connectivity index (χ0v) is 9.19. The summed E-state index contributed by atoms with van der Waals surface area (Å²) in [5.74, 6) is 0.931. The molecule has 0 saturated carbocycles. The van der Waals surface area contributed by atoms with Gasteiger partial charge >= 0.3 is 0 Å². The van der Waals surface area contributed by atoms with Gasteiger partial charge in [0.15, 0.2) is 5.82 Å². The topological polar surface area (TPSA) is 55.6 Å². The molecule has 0 aliphatic heterocycles. The minimum absolute atomic E-state index is 0.429. The fraction of sp³-hybridized carbons (Fsp3) is 0.889. The Morgan fingerprint density at radius 1 is 1.29 bits per heavy atom. The van der Waals surface area contributed by atoms with Gasteiger partial charge in [-0.15, -0.1) is 5.10 Å². The molecule has 1 heterocycles. The Hall–Kier alpha value is -0.970. The summed E-state index contributed by atoms with van der Waals surface area (Å²) in [6.45, 7) is 8.08. The van der Waals surface area contributed by atoms with Crippen LogP contribution in [0, 0.1) is 0 Å². The molecule has 0 amide bonds. The van der Waals surface area contributed by atoms with Gasteiger partial charge in [0.1, 0.15) is 0 Å². The third-order valence-corrected chi connectivity index (χ3v) is 2.38. The average Bonchev–Trinajstić information content (AvgIpc) is 2.65. The molecule has 5 nitrogen and oxygen atoms in total. The summed E-state index contributed by atoms with van der Waals surface area (Å²) in [6.07, 6.45) is 2.14. The van der Waals surface area contributed by atoms with E-state index in [0.29, 0.717) is 6.04 Å². The highest BCUT2D eigenvalue weighted by atomic mass is 15.6. The largest absolute Gasteiger partial charge is 0.310 e. The van der Waals surface area contributed by atoms with Crippen molar-refractivity contribution in [2.75, 3.05) is 6.54 Å². The molecule has 14 heavy (non-hydrogen) atoms. The third kappa shape index (κ3) is 2.51. The quantitative estimate of drug-likeness (QED) is 0.743. The van der Waals surface area contributed by atoms with Gasteiger partial charge in [0.05, 0.1) is 12.6 Å². The number of aromatic nitrogens is 4. The zero-order valence-electron chi connectivity index (χ0n) is 9.19. The van der Waals surface area contributed by atoms with Crippen LogP contribution in [0.3, 0.4) is 0 Å². The first-order valence-electron chi connectivity index (χ1n) is 5.30. The van der Waals surface area contributed by atoms with Crippen LogP contribution in [0.25, 0.3) is 0 Å². The molecule has 0 radical (unpaired) electrons. The van der Waals surface area contributed by atoms with Gasteiger partial charge in [0, 0.05) is 0 Å². The first-order chi connectivity index (χ1) is 6.83. The van der Waals surface area contributed by atoms with Crippen molar-refractivity contribution in [3.8, 4) is 0 Å². The maximum atomic E-state index is 4.03. The van der Waals surface area contributed by atoms with Crippen LogP contribution in [0.1, 0.15) is 45.5 Å². The van der Waals surface area contributed by atoms with Crippen molar-refractivity contribution in [3.63, 3.8) is 0 Å². The molecule has 1 rings (SSSR count). The highest BCUT2D eigenvalue weighted by Gasteiger charge is 2.12. The first-order valence-corrected chi connectivity index (χ1v) is 5.30. The molecule has 0 aliphatic carbocycles. The van der Waals surface area contributed by atoms with Crippen LogP contribution >= 0.6 is 0 Å². The number of nitrogens with one attached hydrogen (secondary N) is 1. The minimum atomic E-state index is 0.429. The highest BCUT2D eigenvalue weighted by Crippen LogP contribution is 2.14. The Morgan fingerprint density at radius 2 is 2.00 bits per heavy atom. The van der Waals surface area contributed by atoms with Gasteiger partial charge < -0.3 is 5.32 Å². The molecular formula is C9H19N5. The predicted octanol–water partition coefficient (Wildman–Crippen LogP) is 1.14. The lowest BCUT2D eigenvalue weighted by Crippen LogP contribution is -2.19. The van der Waals surface area contributed by atoms with Crippen LogP contribution in [0.2, 0.25) is 0 Å². The Labute approximate surface area is 84.9 Å². The molecule has 0 aliphatic rings. The van der Waals surface area contributed by atoms with Crippen molar-refractivity contribution in [2.24, 2.45) is 0 Å². The van der Waals surface area contributed by atoms with Crippen LogP contribution < -0.4 is 5.32 Å². The number of tetrazole rings is 1. The Balaban J connectivity index is 2.69.